The number of aliphatic hydroxyl groups is 2. The number of hydrogen-bond donors (Lipinski definition) is 2. The molecule has 0 saturated carbocycles. The molecule has 3 heterocycles. The summed E-state index contributed by atoms with van der Waals surface area (Å²) in [5.74, 6) is 0.719. The Hall–Kier alpha value is -2.58. The predicted molar refractivity (Wildman–Crippen MR) is 114 cm³/mol. The molecule has 1 saturated heterocycles. The summed E-state index contributed by atoms with van der Waals surface area (Å²) < 4.78 is 11.5. The number of rotatable bonds is 5. The maximum absolute atomic E-state index is 10.2. The topological polar surface area (TPSA) is 88.6 Å². The number of benzene rings is 2. The molecule has 0 bridgehead atoms. The van der Waals surface area contributed by atoms with E-state index in [0.29, 0.717) is 19.3 Å². The van der Waals surface area contributed by atoms with Gasteiger partial charge in [0, 0.05) is 19.3 Å². The van der Waals surface area contributed by atoms with E-state index in [2.05, 4.69) is 34.5 Å². The lowest BCUT2D eigenvalue weighted by atomic mass is 9.92. The fourth-order valence-electron chi connectivity index (χ4n) is 4.06. The number of furan rings is 1. The number of nitrogens with zero attached hydrogens (tertiary/aromatic N) is 2. The third-order valence-electron chi connectivity index (χ3n) is 5.46. The Labute approximate surface area is 177 Å². The van der Waals surface area contributed by atoms with Crippen LogP contribution in [0.15, 0.2) is 59.2 Å². The minimum absolute atomic E-state index is 0.0889. The molecule has 0 aliphatic carbocycles. The fourth-order valence-corrected chi connectivity index (χ4v) is 4.89. The zero-order valence-electron chi connectivity index (χ0n) is 16.3. The highest BCUT2D eigenvalue weighted by Gasteiger charge is 2.29. The molecule has 0 amide bonds. The number of aromatic nitrogens is 2. The molecule has 4 aromatic rings. The highest BCUT2D eigenvalue weighted by molar-refractivity contribution is 7.14. The first kappa shape index (κ1) is 19.4. The van der Waals surface area contributed by atoms with Crippen molar-refractivity contribution in [2.75, 3.05) is 6.61 Å². The van der Waals surface area contributed by atoms with Crippen LogP contribution in [0.25, 0.3) is 21.5 Å². The summed E-state index contributed by atoms with van der Waals surface area (Å²) in [5.41, 5.74) is 2.14. The zero-order chi connectivity index (χ0) is 20.5. The number of ether oxygens (including phenoxy) is 1. The van der Waals surface area contributed by atoms with Crippen LogP contribution in [-0.2, 0) is 11.2 Å². The quantitative estimate of drug-likeness (QED) is 0.503. The van der Waals surface area contributed by atoms with Crippen LogP contribution in [0.2, 0.25) is 0 Å². The summed E-state index contributed by atoms with van der Waals surface area (Å²) in [6.07, 6.45) is 2.20. The molecule has 154 valence electrons. The molecule has 0 radical (unpaired) electrons. The van der Waals surface area contributed by atoms with Crippen LogP contribution in [0.5, 0.6) is 0 Å². The second-order valence-corrected chi connectivity index (χ2v) is 8.67. The summed E-state index contributed by atoms with van der Waals surface area (Å²) in [4.78, 5) is 0. The summed E-state index contributed by atoms with van der Waals surface area (Å²) in [6, 6.07) is 16.2. The minimum atomic E-state index is -0.477. The number of hydrogen-bond acceptors (Lipinski definition) is 7. The Morgan fingerprint density at radius 2 is 1.97 bits per heavy atom. The van der Waals surface area contributed by atoms with Gasteiger partial charge < -0.3 is 19.4 Å². The molecule has 2 N–H and O–H groups in total. The molecule has 2 aromatic carbocycles. The Morgan fingerprint density at radius 1 is 1.07 bits per heavy atom. The lowest BCUT2D eigenvalue weighted by Crippen LogP contribution is -2.33. The monoisotopic (exact) mass is 422 g/mol. The van der Waals surface area contributed by atoms with E-state index >= 15 is 0 Å². The molecule has 7 heteroatoms. The Kier molecular flexibility index (Phi) is 5.35. The van der Waals surface area contributed by atoms with Gasteiger partial charge in [0.1, 0.15) is 5.01 Å². The number of aliphatic hydroxyl groups excluding tert-OH is 2. The first-order chi connectivity index (χ1) is 14.7. The van der Waals surface area contributed by atoms with E-state index in [4.69, 9.17) is 9.15 Å². The lowest BCUT2D eigenvalue weighted by Gasteiger charge is -2.33. The van der Waals surface area contributed by atoms with Crippen LogP contribution in [0.4, 0.5) is 0 Å². The van der Waals surface area contributed by atoms with Crippen molar-refractivity contribution in [3.8, 4) is 10.8 Å². The van der Waals surface area contributed by atoms with Gasteiger partial charge in [-0.25, -0.2) is 0 Å². The molecule has 30 heavy (non-hydrogen) atoms. The molecule has 3 atom stereocenters. The van der Waals surface area contributed by atoms with Crippen LogP contribution < -0.4 is 0 Å². The van der Waals surface area contributed by atoms with Crippen molar-refractivity contribution in [1.82, 2.24) is 10.2 Å². The summed E-state index contributed by atoms with van der Waals surface area (Å²) >= 11 is 1.52. The smallest absolute Gasteiger partial charge is 0.183 e. The fraction of sp³-hybridized carbons (Fsp3) is 0.304. The molecule has 3 unspecified atom stereocenters. The Morgan fingerprint density at radius 3 is 2.80 bits per heavy atom. The molecular weight excluding hydrogens is 400 g/mol. The zero-order valence-corrected chi connectivity index (χ0v) is 17.1. The van der Waals surface area contributed by atoms with Crippen LogP contribution in [0.1, 0.15) is 35.1 Å². The van der Waals surface area contributed by atoms with Gasteiger partial charge in [0.2, 0.25) is 0 Å². The predicted octanol–water partition coefficient (Wildman–Crippen LogP) is 4.12. The van der Waals surface area contributed by atoms with E-state index in [1.807, 2.05) is 24.3 Å². The Balaban J connectivity index is 1.50. The van der Waals surface area contributed by atoms with Gasteiger partial charge in [0.25, 0.3) is 0 Å². The molecule has 1 fully saturated rings. The molecule has 2 aromatic heterocycles. The summed E-state index contributed by atoms with van der Waals surface area (Å²) in [7, 11) is 0. The van der Waals surface area contributed by atoms with Gasteiger partial charge in [-0.2, -0.15) is 0 Å². The summed E-state index contributed by atoms with van der Waals surface area (Å²) in [5, 5.41) is 32.3. The number of fused-ring (bicyclic) bond motifs is 1. The van der Waals surface area contributed by atoms with Crippen LogP contribution in [0, 0.1) is 0 Å². The van der Waals surface area contributed by atoms with Crippen molar-refractivity contribution in [3.63, 3.8) is 0 Å². The third kappa shape index (κ3) is 3.89. The van der Waals surface area contributed by atoms with Gasteiger partial charge in [-0.15, -0.1) is 10.2 Å². The molecule has 0 spiro atoms. The molecule has 5 rings (SSSR count). The van der Waals surface area contributed by atoms with Gasteiger partial charge in [-0.05, 0) is 40.1 Å². The second kappa shape index (κ2) is 8.28. The van der Waals surface area contributed by atoms with Crippen molar-refractivity contribution in [2.24, 2.45) is 0 Å². The molecule has 6 nitrogen and oxygen atoms in total. The van der Waals surface area contributed by atoms with E-state index < -0.39 is 6.10 Å². The van der Waals surface area contributed by atoms with Crippen LogP contribution >= 0.6 is 11.3 Å². The molecular formula is C23H22N2O4S. The van der Waals surface area contributed by atoms with Crippen molar-refractivity contribution >= 4 is 22.1 Å². The van der Waals surface area contributed by atoms with E-state index in [-0.39, 0.29) is 18.8 Å². The normalized spacial score (nSPS) is 21.9. The van der Waals surface area contributed by atoms with Gasteiger partial charge in [0.05, 0.1) is 31.2 Å². The van der Waals surface area contributed by atoms with Gasteiger partial charge >= 0.3 is 0 Å². The third-order valence-corrected chi connectivity index (χ3v) is 6.40. The maximum Gasteiger partial charge on any atom is 0.183 e. The highest BCUT2D eigenvalue weighted by Crippen LogP contribution is 2.35. The van der Waals surface area contributed by atoms with Gasteiger partial charge in [-0.3, -0.25) is 0 Å². The summed E-state index contributed by atoms with van der Waals surface area (Å²) in [6.45, 7) is -0.0889. The standard InChI is InChI=1S/C23H22N2O4S/c26-13-18-11-17(27)12-21(29-18)16-8-14-4-1-2-5-19(14)15(9-16)10-22-24-25-23(30-22)20-6-3-7-28-20/h1-9,17-18,21,26-27H,10-13H2. The molecule has 1 aliphatic heterocycles. The average molecular weight is 423 g/mol. The first-order valence-electron chi connectivity index (χ1n) is 10.0. The van der Waals surface area contributed by atoms with Crippen molar-refractivity contribution in [1.29, 1.82) is 0 Å². The molecule has 1 aliphatic rings. The first-order valence-corrected chi connectivity index (χ1v) is 10.8. The second-order valence-electron chi connectivity index (χ2n) is 7.61. The van der Waals surface area contributed by atoms with E-state index in [1.54, 1.807) is 6.26 Å². The highest BCUT2D eigenvalue weighted by atomic mass is 32.1. The van der Waals surface area contributed by atoms with Crippen LogP contribution in [-0.4, -0.2) is 39.2 Å². The van der Waals surface area contributed by atoms with E-state index in [0.717, 1.165) is 37.7 Å². The minimum Gasteiger partial charge on any atom is -0.462 e. The largest absolute Gasteiger partial charge is 0.462 e. The van der Waals surface area contributed by atoms with E-state index in [9.17, 15) is 10.2 Å². The SMILES string of the molecule is OCC1CC(O)CC(c2cc(Cc3nnc(-c4ccco4)s3)c3ccccc3c2)O1. The average Bonchev–Trinajstić information content (AvgIpc) is 3.45. The van der Waals surface area contributed by atoms with Crippen molar-refractivity contribution in [2.45, 2.75) is 37.6 Å². The van der Waals surface area contributed by atoms with Gasteiger partial charge in [-0.1, -0.05) is 41.7 Å². The van der Waals surface area contributed by atoms with Crippen LogP contribution in [0.3, 0.4) is 0 Å². The Bertz CT molecular complexity index is 1140. The maximum atomic E-state index is 10.2. The van der Waals surface area contributed by atoms with Crippen molar-refractivity contribution in [3.05, 3.63) is 70.9 Å². The lowest BCUT2D eigenvalue weighted by molar-refractivity contribution is -0.113. The van der Waals surface area contributed by atoms with Gasteiger partial charge in [0.15, 0.2) is 10.8 Å². The van der Waals surface area contributed by atoms with E-state index in [1.165, 1.54) is 11.3 Å². The van der Waals surface area contributed by atoms with Crippen molar-refractivity contribution < 1.29 is 19.4 Å².